The molecule has 0 heterocycles. The van der Waals surface area contributed by atoms with Crippen molar-refractivity contribution in [3.63, 3.8) is 0 Å². The number of halogens is 1. The summed E-state index contributed by atoms with van der Waals surface area (Å²) in [4.78, 5) is 0. The van der Waals surface area contributed by atoms with E-state index >= 15 is 0 Å². The van der Waals surface area contributed by atoms with Crippen LogP contribution in [0.5, 0.6) is 0 Å². The molecule has 1 aromatic rings. The van der Waals surface area contributed by atoms with Gasteiger partial charge in [0.15, 0.2) is 0 Å². The molecule has 0 radical (unpaired) electrons. The molecule has 0 atom stereocenters. The lowest BCUT2D eigenvalue weighted by Gasteiger charge is -1.94. The monoisotopic (exact) mass is 233 g/mol. The van der Waals surface area contributed by atoms with E-state index in [0.717, 1.165) is 6.54 Å². The maximum Gasteiger partial charge on any atom is 0.0301 e. The average molecular weight is 233 g/mol. The SMILES string of the molecule is INCc1ccccc1. The third-order valence-electron chi connectivity index (χ3n) is 1.11. The normalized spacial score (nSPS) is 9.44. The van der Waals surface area contributed by atoms with E-state index in [1.165, 1.54) is 5.56 Å². The molecule has 0 aliphatic heterocycles. The lowest BCUT2D eigenvalue weighted by atomic mass is 10.2. The summed E-state index contributed by atoms with van der Waals surface area (Å²) in [7, 11) is 0. The fraction of sp³-hybridized carbons (Fsp3) is 0.143. The smallest absolute Gasteiger partial charge is 0.0301 e. The first-order chi connectivity index (χ1) is 4.43. The molecule has 0 amide bonds. The minimum atomic E-state index is 0.946. The molecule has 1 rings (SSSR count). The highest BCUT2D eigenvalue weighted by Gasteiger charge is 1.84. The van der Waals surface area contributed by atoms with Gasteiger partial charge in [0.2, 0.25) is 0 Å². The quantitative estimate of drug-likeness (QED) is 0.609. The maximum absolute atomic E-state index is 3.05. The van der Waals surface area contributed by atoms with Crippen LogP contribution in [0.2, 0.25) is 0 Å². The molecule has 0 aromatic heterocycles. The Morgan fingerprint density at radius 2 is 1.89 bits per heavy atom. The van der Waals surface area contributed by atoms with Crippen LogP contribution < -0.4 is 3.53 Å². The molecule has 0 unspecified atom stereocenters. The standard InChI is InChI=1S/C7H8IN/c8-9-6-7-4-2-1-3-5-7/h1-5,9H,6H2. The Hall–Kier alpha value is -0.0900. The summed E-state index contributed by atoms with van der Waals surface area (Å²) < 4.78 is 3.05. The largest absolute Gasteiger partial charge is 0.257 e. The van der Waals surface area contributed by atoms with Crippen LogP contribution in [0.4, 0.5) is 0 Å². The fourth-order valence-electron chi connectivity index (χ4n) is 0.673. The lowest BCUT2D eigenvalue weighted by molar-refractivity contribution is 1.01. The van der Waals surface area contributed by atoms with Crippen molar-refractivity contribution in [2.24, 2.45) is 0 Å². The molecule has 0 saturated carbocycles. The number of rotatable bonds is 2. The summed E-state index contributed by atoms with van der Waals surface area (Å²) in [5.74, 6) is 0. The summed E-state index contributed by atoms with van der Waals surface area (Å²) in [6, 6.07) is 10.3. The van der Waals surface area contributed by atoms with Crippen LogP contribution in [0, 0.1) is 0 Å². The van der Waals surface area contributed by atoms with Crippen LogP contribution in [-0.2, 0) is 6.54 Å². The van der Waals surface area contributed by atoms with E-state index in [4.69, 9.17) is 0 Å². The zero-order valence-corrected chi connectivity index (χ0v) is 7.13. The Bertz CT molecular complexity index is 162. The first kappa shape index (κ1) is 7.02. The predicted octanol–water partition coefficient (Wildman–Crippen LogP) is 2.13. The number of hydrogen-bond acceptors (Lipinski definition) is 1. The zero-order chi connectivity index (χ0) is 6.53. The van der Waals surface area contributed by atoms with E-state index in [1.807, 2.05) is 18.2 Å². The minimum absolute atomic E-state index is 0.946. The van der Waals surface area contributed by atoms with E-state index in [2.05, 4.69) is 38.5 Å². The molecule has 1 N–H and O–H groups in total. The van der Waals surface area contributed by atoms with Gasteiger partial charge in [0, 0.05) is 29.4 Å². The Kier molecular flexibility index (Phi) is 3.00. The second-order valence-corrected chi connectivity index (χ2v) is 2.56. The highest BCUT2D eigenvalue weighted by Crippen LogP contribution is 1.97. The second kappa shape index (κ2) is 3.85. The molecule has 0 fully saturated rings. The van der Waals surface area contributed by atoms with Gasteiger partial charge in [0.1, 0.15) is 0 Å². The zero-order valence-electron chi connectivity index (χ0n) is 4.97. The van der Waals surface area contributed by atoms with Gasteiger partial charge in [-0.1, -0.05) is 30.3 Å². The van der Waals surface area contributed by atoms with Crippen LogP contribution >= 0.6 is 22.9 Å². The Balaban J connectivity index is 2.61. The van der Waals surface area contributed by atoms with Gasteiger partial charge >= 0.3 is 0 Å². The van der Waals surface area contributed by atoms with Crippen molar-refractivity contribution in [1.82, 2.24) is 3.53 Å². The molecule has 0 saturated heterocycles. The Morgan fingerprint density at radius 1 is 1.22 bits per heavy atom. The highest BCUT2D eigenvalue weighted by atomic mass is 127. The highest BCUT2D eigenvalue weighted by molar-refractivity contribution is 14.1. The Morgan fingerprint density at radius 3 is 2.44 bits per heavy atom. The van der Waals surface area contributed by atoms with Gasteiger partial charge in [-0.05, 0) is 5.56 Å². The molecular weight excluding hydrogens is 225 g/mol. The number of hydrogen-bond donors (Lipinski definition) is 1. The van der Waals surface area contributed by atoms with Crippen molar-refractivity contribution >= 4 is 22.9 Å². The molecule has 0 spiro atoms. The summed E-state index contributed by atoms with van der Waals surface area (Å²) >= 11 is 2.14. The van der Waals surface area contributed by atoms with E-state index in [9.17, 15) is 0 Å². The van der Waals surface area contributed by atoms with Crippen molar-refractivity contribution in [2.45, 2.75) is 6.54 Å². The van der Waals surface area contributed by atoms with Gasteiger partial charge in [-0.3, -0.25) is 3.53 Å². The topological polar surface area (TPSA) is 12.0 Å². The third-order valence-corrected chi connectivity index (χ3v) is 1.50. The maximum atomic E-state index is 3.05. The molecule has 0 bridgehead atoms. The minimum Gasteiger partial charge on any atom is -0.257 e. The van der Waals surface area contributed by atoms with Crippen molar-refractivity contribution < 1.29 is 0 Å². The molecule has 1 nitrogen and oxygen atoms in total. The van der Waals surface area contributed by atoms with Crippen molar-refractivity contribution in [3.8, 4) is 0 Å². The third kappa shape index (κ3) is 2.32. The molecular formula is C7H8IN. The summed E-state index contributed by atoms with van der Waals surface area (Å²) in [6.07, 6.45) is 0. The van der Waals surface area contributed by atoms with Crippen LogP contribution in [-0.4, -0.2) is 0 Å². The van der Waals surface area contributed by atoms with E-state index in [1.54, 1.807) is 0 Å². The summed E-state index contributed by atoms with van der Waals surface area (Å²) in [6.45, 7) is 0.946. The van der Waals surface area contributed by atoms with Gasteiger partial charge in [0.25, 0.3) is 0 Å². The average Bonchev–Trinajstić information content (AvgIpc) is 1.91. The van der Waals surface area contributed by atoms with Crippen LogP contribution in [0.25, 0.3) is 0 Å². The van der Waals surface area contributed by atoms with Gasteiger partial charge in [-0.15, -0.1) is 0 Å². The molecule has 48 valence electrons. The summed E-state index contributed by atoms with van der Waals surface area (Å²) in [5.41, 5.74) is 1.33. The molecule has 9 heavy (non-hydrogen) atoms. The lowest BCUT2D eigenvalue weighted by Crippen LogP contribution is -1.95. The summed E-state index contributed by atoms with van der Waals surface area (Å²) in [5, 5.41) is 0. The van der Waals surface area contributed by atoms with E-state index in [0.29, 0.717) is 0 Å². The van der Waals surface area contributed by atoms with Crippen LogP contribution in [0.3, 0.4) is 0 Å². The van der Waals surface area contributed by atoms with Crippen molar-refractivity contribution in [3.05, 3.63) is 35.9 Å². The van der Waals surface area contributed by atoms with Gasteiger partial charge < -0.3 is 0 Å². The number of nitrogens with one attached hydrogen (secondary N) is 1. The number of benzene rings is 1. The van der Waals surface area contributed by atoms with E-state index in [-0.39, 0.29) is 0 Å². The van der Waals surface area contributed by atoms with Crippen molar-refractivity contribution in [2.75, 3.05) is 0 Å². The van der Waals surface area contributed by atoms with Crippen LogP contribution in [0.15, 0.2) is 30.3 Å². The first-order valence-corrected chi connectivity index (χ1v) is 3.89. The fourth-order valence-corrected chi connectivity index (χ4v) is 1.11. The first-order valence-electron chi connectivity index (χ1n) is 2.81. The predicted molar refractivity (Wildman–Crippen MR) is 47.3 cm³/mol. The van der Waals surface area contributed by atoms with Gasteiger partial charge in [0.05, 0.1) is 0 Å². The Labute approximate surface area is 69.0 Å². The van der Waals surface area contributed by atoms with Crippen molar-refractivity contribution in [1.29, 1.82) is 0 Å². The van der Waals surface area contributed by atoms with Crippen LogP contribution in [0.1, 0.15) is 5.56 Å². The second-order valence-electron chi connectivity index (χ2n) is 1.80. The van der Waals surface area contributed by atoms with E-state index < -0.39 is 0 Å². The van der Waals surface area contributed by atoms with Gasteiger partial charge in [-0.2, -0.15) is 0 Å². The molecule has 1 aromatic carbocycles. The van der Waals surface area contributed by atoms with Gasteiger partial charge in [-0.25, -0.2) is 0 Å². The molecule has 0 aliphatic carbocycles. The molecule has 0 aliphatic rings. The molecule has 2 heteroatoms.